The molecule has 0 saturated heterocycles. The molecule has 5 rings (SSSR count). The van der Waals surface area contributed by atoms with Crippen molar-refractivity contribution < 1.29 is 9.59 Å². The summed E-state index contributed by atoms with van der Waals surface area (Å²) < 4.78 is 1.18. The lowest BCUT2D eigenvalue weighted by molar-refractivity contribution is -0.117. The van der Waals surface area contributed by atoms with Gasteiger partial charge in [0.15, 0.2) is 11.6 Å². The molecule has 3 aliphatic rings. The number of nitrogens with one attached hydrogen (secondary N) is 4. The smallest absolute Gasteiger partial charge is 0.293 e. The molecule has 1 aliphatic heterocycles. The minimum Gasteiger partial charge on any atom is -0.334 e. The molecule has 0 radical (unpaired) electrons. The third-order valence-corrected chi connectivity index (χ3v) is 6.38. The van der Waals surface area contributed by atoms with Gasteiger partial charge in [0.25, 0.3) is 11.5 Å². The molecule has 2 saturated carbocycles. The molecule has 10 nitrogen and oxygen atoms in total. The van der Waals surface area contributed by atoms with E-state index in [4.69, 9.17) is 23.2 Å². The van der Waals surface area contributed by atoms with Crippen molar-refractivity contribution >= 4 is 52.3 Å². The zero-order valence-electron chi connectivity index (χ0n) is 16.3. The number of carbonyl (C=O) groups is 2. The Balaban J connectivity index is 1.48. The van der Waals surface area contributed by atoms with Crippen molar-refractivity contribution in [1.29, 1.82) is 0 Å². The minimum atomic E-state index is -0.664. The Bertz CT molecular complexity index is 1160. The zero-order chi connectivity index (χ0) is 21.8. The normalized spacial score (nSPS) is 18.8. The standard InChI is InChI=1S/C19H19Cl2N7O3/c20-10-7-11(18(31)28-13(10)17(30)26-19(27-28)5-1-2-6-19)24-14-12(21)15(23-8-22-14)25-16(29)9-3-4-9/h7-9,27H,1-6H2,(H,26,30)(H2,22,23,24,25,29). The fourth-order valence-corrected chi connectivity index (χ4v) is 4.43. The molecule has 31 heavy (non-hydrogen) atoms. The molecular weight excluding hydrogens is 445 g/mol. The van der Waals surface area contributed by atoms with Crippen molar-refractivity contribution in [2.45, 2.75) is 44.2 Å². The summed E-state index contributed by atoms with van der Waals surface area (Å²) >= 11 is 12.7. The van der Waals surface area contributed by atoms with Crippen LogP contribution in [-0.2, 0) is 4.79 Å². The average Bonchev–Trinajstić information content (AvgIpc) is 3.49. The van der Waals surface area contributed by atoms with E-state index in [-0.39, 0.29) is 44.9 Å². The third-order valence-electron chi connectivity index (χ3n) is 5.74. The first-order valence-electron chi connectivity index (χ1n) is 10.0. The maximum atomic E-state index is 13.2. The number of aromatic nitrogens is 3. The van der Waals surface area contributed by atoms with E-state index in [0.717, 1.165) is 25.7 Å². The molecule has 162 valence electrons. The maximum absolute atomic E-state index is 13.2. The minimum absolute atomic E-state index is 0.0216. The van der Waals surface area contributed by atoms with Crippen molar-refractivity contribution in [2.75, 3.05) is 16.1 Å². The lowest BCUT2D eigenvalue weighted by atomic mass is 10.1. The summed E-state index contributed by atoms with van der Waals surface area (Å²) in [5.74, 6) is -0.290. The van der Waals surface area contributed by atoms with Crippen molar-refractivity contribution in [3.8, 4) is 0 Å². The summed E-state index contributed by atoms with van der Waals surface area (Å²) in [5.41, 5.74) is 2.09. The molecule has 0 atom stereocenters. The second-order valence-corrected chi connectivity index (χ2v) is 8.81. The molecule has 0 bridgehead atoms. The molecule has 2 aliphatic carbocycles. The topological polar surface area (TPSA) is 130 Å². The van der Waals surface area contributed by atoms with Gasteiger partial charge in [-0.1, -0.05) is 23.2 Å². The van der Waals surface area contributed by atoms with E-state index in [2.05, 4.69) is 31.3 Å². The lowest BCUT2D eigenvalue weighted by Gasteiger charge is -2.38. The van der Waals surface area contributed by atoms with Crippen LogP contribution in [0.25, 0.3) is 0 Å². The molecule has 0 aromatic carbocycles. The molecule has 4 N–H and O–H groups in total. The van der Waals surface area contributed by atoms with Crippen LogP contribution in [0.3, 0.4) is 0 Å². The number of hydrogen-bond donors (Lipinski definition) is 4. The van der Waals surface area contributed by atoms with Crippen molar-refractivity contribution in [3.63, 3.8) is 0 Å². The predicted octanol–water partition coefficient (Wildman–Crippen LogP) is 2.59. The Kier molecular flexibility index (Phi) is 4.78. The molecular formula is C19H19Cl2N7O3. The second-order valence-electron chi connectivity index (χ2n) is 8.02. The van der Waals surface area contributed by atoms with Gasteiger partial charge in [-0.2, -0.15) is 0 Å². The summed E-state index contributed by atoms with van der Waals surface area (Å²) in [6.45, 7) is 0. The van der Waals surface area contributed by atoms with Gasteiger partial charge in [-0.3, -0.25) is 19.8 Å². The van der Waals surface area contributed by atoms with E-state index in [1.54, 1.807) is 0 Å². The first-order chi connectivity index (χ1) is 14.9. The number of hydrogen-bond acceptors (Lipinski definition) is 7. The highest BCUT2D eigenvalue weighted by atomic mass is 35.5. The van der Waals surface area contributed by atoms with E-state index >= 15 is 0 Å². The Hall–Kier alpha value is -2.85. The van der Waals surface area contributed by atoms with Crippen LogP contribution in [0.5, 0.6) is 0 Å². The summed E-state index contributed by atoms with van der Waals surface area (Å²) in [4.78, 5) is 45.9. The van der Waals surface area contributed by atoms with E-state index in [0.29, 0.717) is 12.8 Å². The molecule has 12 heteroatoms. The maximum Gasteiger partial charge on any atom is 0.293 e. The summed E-state index contributed by atoms with van der Waals surface area (Å²) in [7, 11) is 0. The van der Waals surface area contributed by atoms with E-state index in [1.807, 2.05) is 0 Å². The van der Waals surface area contributed by atoms with Crippen molar-refractivity contribution in [1.82, 2.24) is 20.0 Å². The van der Waals surface area contributed by atoms with E-state index in [1.165, 1.54) is 17.1 Å². The summed E-state index contributed by atoms with van der Waals surface area (Å²) in [6.07, 6.45) is 6.21. The van der Waals surface area contributed by atoms with Gasteiger partial charge in [0, 0.05) is 5.92 Å². The Morgan fingerprint density at radius 1 is 1.16 bits per heavy atom. The van der Waals surface area contributed by atoms with Gasteiger partial charge in [-0.05, 0) is 44.6 Å². The number of pyridine rings is 1. The molecule has 2 amide bonds. The number of amides is 2. The van der Waals surface area contributed by atoms with Crippen molar-refractivity contribution in [2.24, 2.45) is 5.92 Å². The van der Waals surface area contributed by atoms with E-state index < -0.39 is 17.1 Å². The Morgan fingerprint density at radius 3 is 2.58 bits per heavy atom. The highest BCUT2D eigenvalue weighted by molar-refractivity contribution is 6.36. The van der Waals surface area contributed by atoms with Gasteiger partial charge >= 0.3 is 0 Å². The highest BCUT2D eigenvalue weighted by Crippen LogP contribution is 2.34. The van der Waals surface area contributed by atoms with E-state index in [9.17, 15) is 14.4 Å². The number of fused-ring (bicyclic) bond motifs is 1. The molecule has 2 aromatic heterocycles. The van der Waals surface area contributed by atoms with Crippen molar-refractivity contribution in [3.05, 3.63) is 38.5 Å². The molecule has 3 heterocycles. The van der Waals surface area contributed by atoms with Gasteiger partial charge in [0.2, 0.25) is 5.91 Å². The van der Waals surface area contributed by atoms with Crippen LogP contribution < -0.4 is 26.9 Å². The SMILES string of the molecule is O=C1NC2(CCCC2)Nn2c1c(Cl)cc(Nc1ncnc(NC(=O)C3CC3)c1Cl)c2=O. The molecule has 2 aromatic rings. The van der Waals surface area contributed by atoms with Crippen LogP contribution in [0.2, 0.25) is 10.0 Å². The van der Waals surface area contributed by atoms with Crippen LogP contribution in [0.1, 0.15) is 49.0 Å². The average molecular weight is 464 g/mol. The Morgan fingerprint density at radius 2 is 1.87 bits per heavy atom. The summed E-state index contributed by atoms with van der Waals surface area (Å²) in [6, 6.07) is 1.35. The predicted molar refractivity (Wildman–Crippen MR) is 115 cm³/mol. The van der Waals surface area contributed by atoms with Gasteiger partial charge in [-0.15, -0.1) is 0 Å². The number of carbonyl (C=O) groups excluding carboxylic acids is 2. The van der Waals surface area contributed by atoms with Crippen LogP contribution in [0, 0.1) is 5.92 Å². The van der Waals surface area contributed by atoms with Crippen LogP contribution in [0.15, 0.2) is 17.2 Å². The molecule has 0 unspecified atom stereocenters. The molecule has 1 spiro atoms. The van der Waals surface area contributed by atoms with Gasteiger partial charge in [-0.25, -0.2) is 14.6 Å². The lowest BCUT2D eigenvalue weighted by Crippen LogP contribution is -2.62. The third kappa shape index (κ3) is 3.59. The number of nitrogens with zero attached hydrogens (tertiary/aromatic N) is 3. The first kappa shape index (κ1) is 20.1. The monoisotopic (exact) mass is 463 g/mol. The largest absolute Gasteiger partial charge is 0.334 e. The molecule has 2 fully saturated rings. The van der Waals surface area contributed by atoms with Gasteiger partial charge < -0.3 is 16.0 Å². The van der Waals surface area contributed by atoms with Gasteiger partial charge in [0.1, 0.15) is 28.4 Å². The second kappa shape index (κ2) is 7.38. The first-order valence-corrected chi connectivity index (χ1v) is 10.8. The fourth-order valence-electron chi connectivity index (χ4n) is 3.96. The van der Waals surface area contributed by atoms with Crippen LogP contribution in [-0.4, -0.2) is 32.1 Å². The number of halogens is 2. The van der Waals surface area contributed by atoms with Gasteiger partial charge in [0.05, 0.1) is 5.02 Å². The Labute approximate surface area is 186 Å². The zero-order valence-corrected chi connectivity index (χ0v) is 17.8. The fraction of sp³-hybridized carbons (Fsp3) is 0.421. The quantitative estimate of drug-likeness (QED) is 0.547. The highest BCUT2D eigenvalue weighted by Gasteiger charge is 2.41. The van der Waals surface area contributed by atoms with Crippen LogP contribution in [0.4, 0.5) is 17.3 Å². The van der Waals surface area contributed by atoms with Crippen LogP contribution >= 0.6 is 23.2 Å². The number of anilines is 3. The summed E-state index contributed by atoms with van der Waals surface area (Å²) in [5, 5.41) is 8.63. The number of rotatable bonds is 4.